The third kappa shape index (κ3) is 4.00. The molecule has 0 N–H and O–H groups in total. The maximum Gasteiger partial charge on any atom is 0.211 e. The van der Waals surface area contributed by atoms with Crippen LogP contribution < -0.4 is 0 Å². The van der Waals surface area contributed by atoms with Gasteiger partial charge in [0.15, 0.2) is 5.78 Å². The summed E-state index contributed by atoms with van der Waals surface area (Å²) >= 11 is 0. The molecule has 1 heterocycles. The zero-order valence-electron chi connectivity index (χ0n) is 11.7. The molecular weight excluding hydrogens is 266 g/mol. The van der Waals surface area contributed by atoms with Crippen molar-refractivity contribution >= 4 is 15.8 Å². The number of nitrogens with zero attached hydrogens (tertiary/aromatic N) is 1. The number of carbonyl (C=O) groups is 1. The Labute approximate surface area is 115 Å². The molecule has 110 valence electrons. The first-order valence-electron chi connectivity index (χ1n) is 6.92. The molecule has 0 aromatic rings. The SMILES string of the molecule is COC(C(=O)CC1CCCN(S(C)(=O)=O)C1)C1CC1. The molecular formula is C13H23NO4S. The first-order chi connectivity index (χ1) is 8.91. The minimum Gasteiger partial charge on any atom is -0.373 e. The molecule has 0 spiro atoms. The van der Waals surface area contributed by atoms with Gasteiger partial charge in [-0.3, -0.25) is 4.79 Å². The van der Waals surface area contributed by atoms with Crippen LogP contribution in [0.5, 0.6) is 0 Å². The van der Waals surface area contributed by atoms with Crippen molar-refractivity contribution in [3.8, 4) is 0 Å². The lowest BCUT2D eigenvalue weighted by Gasteiger charge is -2.31. The average Bonchev–Trinajstić information content (AvgIpc) is 3.13. The molecule has 1 saturated heterocycles. The van der Waals surface area contributed by atoms with E-state index in [1.54, 1.807) is 7.11 Å². The lowest BCUT2D eigenvalue weighted by molar-refractivity contribution is -0.131. The number of methoxy groups -OCH3 is 1. The highest BCUT2D eigenvalue weighted by Crippen LogP contribution is 2.35. The van der Waals surface area contributed by atoms with Crippen LogP contribution in [0.25, 0.3) is 0 Å². The van der Waals surface area contributed by atoms with Gasteiger partial charge in [-0.2, -0.15) is 0 Å². The number of ether oxygens (including phenoxy) is 1. The van der Waals surface area contributed by atoms with Crippen LogP contribution in [0.15, 0.2) is 0 Å². The first kappa shape index (κ1) is 14.9. The molecule has 0 radical (unpaired) electrons. The van der Waals surface area contributed by atoms with Crippen molar-refractivity contribution in [2.75, 3.05) is 26.5 Å². The van der Waals surface area contributed by atoms with Crippen molar-refractivity contribution in [1.29, 1.82) is 0 Å². The van der Waals surface area contributed by atoms with Crippen LogP contribution in [0, 0.1) is 11.8 Å². The Kier molecular flexibility index (Phi) is 4.63. The van der Waals surface area contributed by atoms with Crippen LogP contribution in [0.4, 0.5) is 0 Å². The van der Waals surface area contributed by atoms with Gasteiger partial charge < -0.3 is 4.74 Å². The summed E-state index contributed by atoms with van der Waals surface area (Å²) in [6.45, 7) is 1.06. The lowest BCUT2D eigenvalue weighted by atomic mass is 9.91. The molecule has 2 aliphatic rings. The smallest absolute Gasteiger partial charge is 0.211 e. The Bertz CT molecular complexity index is 430. The third-order valence-electron chi connectivity index (χ3n) is 4.06. The summed E-state index contributed by atoms with van der Waals surface area (Å²) < 4.78 is 29.9. The van der Waals surface area contributed by atoms with Crippen LogP contribution in [-0.2, 0) is 19.6 Å². The van der Waals surface area contributed by atoms with E-state index in [0.29, 0.717) is 25.4 Å². The van der Waals surface area contributed by atoms with Crippen molar-refractivity contribution in [2.24, 2.45) is 11.8 Å². The van der Waals surface area contributed by atoms with Gasteiger partial charge in [0, 0.05) is 26.6 Å². The van der Waals surface area contributed by atoms with Crippen LogP contribution in [0.1, 0.15) is 32.1 Å². The minimum atomic E-state index is -3.13. The zero-order chi connectivity index (χ0) is 14.0. The Hall–Kier alpha value is -0.460. The summed E-state index contributed by atoms with van der Waals surface area (Å²) in [6, 6.07) is 0. The van der Waals surface area contributed by atoms with Crippen molar-refractivity contribution in [3.05, 3.63) is 0 Å². The van der Waals surface area contributed by atoms with Gasteiger partial charge in [0.05, 0.1) is 6.26 Å². The second-order valence-corrected chi connectivity index (χ2v) is 7.78. The standard InChI is InChI=1S/C13H23NO4S/c1-18-13(11-5-6-11)12(15)8-10-4-3-7-14(9-10)19(2,16)17/h10-11,13H,3-9H2,1-2H3. The first-order valence-corrected chi connectivity index (χ1v) is 8.77. The van der Waals surface area contributed by atoms with Gasteiger partial charge in [0.1, 0.15) is 6.10 Å². The summed E-state index contributed by atoms with van der Waals surface area (Å²) in [5.41, 5.74) is 0. The maximum atomic E-state index is 12.2. The van der Waals surface area contributed by atoms with E-state index in [4.69, 9.17) is 4.74 Å². The van der Waals surface area contributed by atoms with Gasteiger partial charge in [0.2, 0.25) is 10.0 Å². The Morgan fingerprint density at radius 2 is 2.05 bits per heavy atom. The molecule has 1 saturated carbocycles. The van der Waals surface area contributed by atoms with Crippen molar-refractivity contribution < 1.29 is 17.9 Å². The van der Waals surface area contributed by atoms with Gasteiger partial charge in [-0.1, -0.05) is 0 Å². The van der Waals surface area contributed by atoms with Gasteiger partial charge in [-0.25, -0.2) is 12.7 Å². The predicted octanol–water partition coefficient (Wildman–Crippen LogP) is 1.04. The summed E-state index contributed by atoms with van der Waals surface area (Å²) in [6.07, 6.45) is 5.33. The number of hydrogen-bond acceptors (Lipinski definition) is 4. The Morgan fingerprint density at radius 3 is 2.58 bits per heavy atom. The number of rotatable bonds is 6. The van der Waals surface area contributed by atoms with Crippen LogP contribution in [-0.4, -0.2) is 51.1 Å². The largest absolute Gasteiger partial charge is 0.373 e. The molecule has 2 atom stereocenters. The van der Waals surface area contributed by atoms with E-state index >= 15 is 0 Å². The second kappa shape index (κ2) is 5.89. The fourth-order valence-electron chi connectivity index (χ4n) is 2.88. The van der Waals surface area contributed by atoms with Crippen LogP contribution in [0.2, 0.25) is 0 Å². The number of Topliss-reactive ketones (excluding diaryl/α,β-unsaturated/α-hetero) is 1. The van der Waals surface area contributed by atoms with Gasteiger partial charge in [0.25, 0.3) is 0 Å². The third-order valence-corrected chi connectivity index (χ3v) is 5.33. The molecule has 0 aromatic carbocycles. The molecule has 1 aliphatic heterocycles. The van der Waals surface area contributed by atoms with Crippen molar-refractivity contribution in [3.63, 3.8) is 0 Å². The average molecular weight is 289 g/mol. The second-order valence-electron chi connectivity index (χ2n) is 5.79. The van der Waals surface area contributed by atoms with Crippen molar-refractivity contribution in [1.82, 2.24) is 4.31 Å². The zero-order valence-corrected chi connectivity index (χ0v) is 12.5. The summed E-state index contributed by atoms with van der Waals surface area (Å²) in [5.74, 6) is 0.685. The summed E-state index contributed by atoms with van der Waals surface area (Å²) in [7, 11) is -1.55. The number of sulfonamides is 1. The molecule has 0 amide bonds. The van der Waals surface area contributed by atoms with Crippen LogP contribution >= 0.6 is 0 Å². The van der Waals surface area contributed by atoms with E-state index in [0.717, 1.165) is 25.7 Å². The normalized spacial score (nSPS) is 27.2. The molecule has 6 heteroatoms. The molecule has 0 bridgehead atoms. The van der Waals surface area contributed by atoms with Gasteiger partial charge in [-0.05, 0) is 37.5 Å². The molecule has 2 unspecified atom stereocenters. The van der Waals surface area contributed by atoms with Crippen LogP contribution in [0.3, 0.4) is 0 Å². The van der Waals surface area contributed by atoms with E-state index in [-0.39, 0.29) is 17.8 Å². The summed E-state index contributed by atoms with van der Waals surface area (Å²) in [4.78, 5) is 12.2. The molecule has 0 aromatic heterocycles. The van der Waals surface area contributed by atoms with E-state index in [1.165, 1.54) is 10.6 Å². The highest BCUT2D eigenvalue weighted by Gasteiger charge is 2.37. The van der Waals surface area contributed by atoms with E-state index in [9.17, 15) is 13.2 Å². The maximum absolute atomic E-state index is 12.2. The summed E-state index contributed by atoms with van der Waals surface area (Å²) in [5, 5.41) is 0. The van der Waals surface area contributed by atoms with Gasteiger partial charge in [-0.15, -0.1) is 0 Å². The quantitative estimate of drug-likeness (QED) is 0.733. The molecule has 5 nitrogen and oxygen atoms in total. The molecule has 2 fully saturated rings. The predicted molar refractivity (Wildman–Crippen MR) is 72.3 cm³/mol. The van der Waals surface area contributed by atoms with E-state index < -0.39 is 10.0 Å². The molecule has 2 rings (SSSR count). The molecule has 1 aliphatic carbocycles. The topological polar surface area (TPSA) is 63.7 Å². The Morgan fingerprint density at radius 1 is 1.37 bits per heavy atom. The van der Waals surface area contributed by atoms with Gasteiger partial charge >= 0.3 is 0 Å². The monoisotopic (exact) mass is 289 g/mol. The van der Waals surface area contributed by atoms with E-state index in [1.807, 2.05) is 0 Å². The van der Waals surface area contributed by atoms with Crippen molar-refractivity contribution in [2.45, 2.75) is 38.2 Å². The highest BCUT2D eigenvalue weighted by atomic mass is 32.2. The number of piperidine rings is 1. The number of carbonyl (C=O) groups excluding carboxylic acids is 1. The fourth-order valence-corrected chi connectivity index (χ4v) is 3.82. The van der Waals surface area contributed by atoms with E-state index in [2.05, 4.69) is 0 Å². The number of hydrogen-bond donors (Lipinski definition) is 0. The fraction of sp³-hybridized carbons (Fsp3) is 0.923. The lowest BCUT2D eigenvalue weighted by Crippen LogP contribution is -2.40. The number of ketones is 1. The highest BCUT2D eigenvalue weighted by molar-refractivity contribution is 7.88. The Balaban J connectivity index is 1.89. The molecule has 19 heavy (non-hydrogen) atoms. The minimum absolute atomic E-state index is 0.144.